The van der Waals surface area contributed by atoms with Crippen molar-refractivity contribution < 1.29 is 25.9 Å². The van der Waals surface area contributed by atoms with E-state index >= 15 is 0 Å². The van der Waals surface area contributed by atoms with Crippen LogP contribution in [0.4, 0.5) is 0 Å². The zero-order valence-electron chi connectivity index (χ0n) is 17.5. The molecule has 3 N–H and O–H groups in total. The number of nitrogens with one attached hydrogen (secondary N) is 1. The van der Waals surface area contributed by atoms with Gasteiger partial charge in [-0.15, -0.1) is 0 Å². The minimum atomic E-state index is -4.31. The summed E-state index contributed by atoms with van der Waals surface area (Å²) in [5.74, 6) is 0. The fraction of sp³-hybridized carbons (Fsp3) is 0. The van der Waals surface area contributed by atoms with Crippen molar-refractivity contribution in [3.63, 3.8) is 0 Å². The lowest BCUT2D eigenvalue weighted by atomic mass is 9.94. The van der Waals surface area contributed by atoms with Crippen LogP contribution in [-0.2, 0) is 20.2 Å². The zero-order chi connectivity index (χ0) is 24.5. The molecular formula is C24H18N2O6S2. The van der Waals surface area contributed by atoms with Gasteiger partial charge in [0.15, 0.2) is 0 Å². The van der Waals surface area contributed by atoms with Gasteiger partial charge >= 0.3 is 0 Å². The van der Waals surface area contributed by atoms with E-state index in [-0.39, 0.29) is 9.79 Å². The third kappa shape index (κ3) is 4.80. The van der Waals surface area contributed by atoms with Crippen molar-refractivity contribution in [2.75, 3.05) is 0 Å². The van der Waals surface area contributed by atoms with Gasteiger partial charge in [-0.25, -0.2) is 0 Å². The van der Waals surface area contributed by atoms with E-state index in [1.165, 1.54) is 24.3 Å². The summed E-state index contributed by atoms with van der Waals surface area (Å²) in [4.78, 5) is 4.01. The maximum Gasteiger partial charge on any atom is 0.294 e. The van der Waals surface area contributed by atoms with E-state index < -0.39 is 20.2 Å². The molecule has 0 aliphatic carbocycles. The van der Waals surface area contributed by atoms with E-state index in [0.717, 1.165) is 28.3 Å². The standard InChI is InChI=1S/C24H18N2O6S2/c25-13-11-21(16-1-6-19(7-2-16)33(27,28)29)18-5-10-23-22(12-14-26-24(23)15-18)17-3-8-20(9-4-17)34(30,31)32/h1-15,25H,(H,27,28,29)(H,30,31,32)/b21-11-,25-13?. The van der Waals surface area contributed by atoms with Gasteiger partial charge in [0.25, 0.3) is 20.2 Å². The smallest absolute Gasteiger partial charge is 0.294 e. The van der Waals surface area contributed by atoms with Crippen LogP contribution in [-0.4, -0.2) is 37.1 Å². The van der Waals surface area contributed by atoms with Crippen molar-refractivity contribution in [1.29, 1.82) is 5.41 Å². The second kappa shape index (κ2) is 8.92. The Labute approximate surface area is 196 Å². The summed E-state index contributed by atoms with van der Waals surface area (Å²) < 4.78 is 63.7. The van der Waals surface area contributed by atoms with Crippen LogP contribution >= 0.6 is 0 Å². The Kier molecular flexibility index (Phi) is 6.15. The quantitative estimate of drug-likeness (QED) is 0.265. The molecule has 172 valence electrons. The van der Waals surface area contributed by atoms with Gasteiger partial charge in [-0.05, 0) is 70.3 Å². The largest absolute Gasteiger partial charge is 0.309 e. The molecule has 0 atom stereocenters. The van der Waals surface area contributed by atoms with Gasteiger partial charge in [-0.3, -0.25) is 14.1 Å². The van der Waals surface area contributed by atoms with E-state index in [4.69, 9.17) is 5.41 Å². The van der Waals surface area contributed by atoms with E-state index in [2.05, 4.69) is 4.98 Å². The van der Waals surface area contributed by atoms with Crippen molar-refractivity contribution in [1.82, 2.24) is 4.98 Å². The molecule has 0 amide bonds. The predicted octanol–water partition coefficient (Wildman–Crippen LogP) is 4.48. The third-order valence-corrected chi connectivity index (χ3v) is 6.97. The summed E-state index contributed by atoms with van der Waals surface area (Å²) >= 11 is 0. The monoisotopic (exact) mass is 494 g/mol. The lowest BCUT2D eigenvalue weighted by Crippen LogP contribution is -1.98. The van der Waals surface area contributed by atoms with Crippen LogP contribution < -0.4 is 0 Å². The number of fused-ring (bicyclic) bond motifs is 1. The topological polar surface area (TPSA) is 145 Å². The average Bonchev–Trinajstić information content (AvgIpc) is 2.81. The lowest BCUT2D eigenvalue weighted by molar-refractivity contribution is 0.481. The summed E-state index contributed by atoms with van der Waals surface area (Å²) in [5, 5.41) is 8.34. The van der Waals surface area contributed by atoms with Gasteiger partial charge < -0.3 is 5.41 Å². The van der Waals surface area contributed by atoms with Crippen molar-refractivity contribution in [2.45, 2.75) is 9.79 Å². The molecule has 0 unspecified atom stereocenters. The van der Waals surface area contributed by atoms with Crippen LogP contribution in [0.5, 0.6) is 0 Å². The SMILES string of the molecule is N=C/C=C(/c1ccc(S(=O)(=O)O)cc1)c1ccc2c(-c3ccc(S(=O)(=O)O)cc3)ccnc2c1. The average molecular weight is 495 g/mol. The molecule has 1 heterocycles. The number of aromatic nitrogens is 1. The van der Waals surface area contributed by atoms with Gasteiger partial charge in [0, 0.05) is 17.8 Å². The highest BCUT2D eigenvalue weighted by Crippen LogP contribution is 2.32. The highest BCUT2D eigenvalue weighted by atomic mass is 32.2. The first-order chi connectivity index (χ1) is 16.1. The van der Waals surface area contributed by atoms with Crippen molar-refractivity contribution in [2.24, 2.45) is 0 Å². The Morgan fingerprint density at radius 3 is 1.88 bits per heavy atom. The molecule has 0 aliphatic heterocycles. The Balaban J connectivity index is 1.78. The van der Waals surface area contributed by atoms with E-state index in [0.29, 0.717) is 16.7 Å². The fourth-order valence-electron chi connectivity index (χ4n) is 3.62. The predicted molar refractivity (Wildman–Crippen MR) is 129 cm³/mol. The second-order valence-electron chi connectivity index (χ2n) is 7.34. The highest BCUT2D eigenvalue weighted by Gasteiger charge is 2.13. The van der Waals surface area contributed by atoms with Crippen LogP contribution in [0.15, 0.2) is 94.9 Å². The third-order valence-electron chi connectivity index (χ3n) is 5.23. The van der Waals surface area contributed by atoms with Gasteiger partial charge in [-0.1, -0.05) is 36.4 Å². The zero-order valence-corrected chi connectivity index (χ0v) is 19.1. The van der Waals surface area contributed by atoms with Crippen LogP contribution in [0.3, 0.4) is 0 Å². The molecule has 1 aromatic heterocycles. The van der Waals surface area contributed by atoms with Gasteiger partial charge in [0.1, 0.15) is 0 Å². The van der Waals surface area contributed by atoms with Crippen LogP contribution in [0, 0.1) is 5.41 Å². The maximum atomic E-state index is 11.3. The Morgan fingerprint density at radius 1 is 0.765 bits per heavy atom. The van der Waals surface area contributed by atoms with Crippen molar-refractivity contribution >= 4 is 42.9 Å². The summed E-state index contributed by atoms with van der Waals surface area (Å²) in [6.45, 7) is 0. The molecule has 34 heavy (non-hydrogen) atoms. The Bertz CT molecular complexity index is 1640. The number of allylic oxidation sites excluding steroid dienone is 1. The molecule has 4 aromatic rings. The molecule has 0 spiro atoms. The van der Waals surface area contributed by atoms with Crippen LogP contribution in [0.1, 0.15) is 11.1 Å². The molecule has 0 radical (unpaired) electrons. The molecule has 8 nitrogen and oxygen atoms in total. The summed E-state index contributed by atoms with van der Waals surface area (Å²) in [6, 6.07) is 18.8. The number of benzene rings is 3. The maximum absolute atomic E-state index is 11.3. The first kappa shape index (κ1) is 23.5. The molecule has 10 heteroatoms. The first-order valence-corrected chi connectivity index (χ1v) is 12.7. The summed E-state index contributed by atoms with van der Waals surface area (Å²) in [5.41, 5.74) is 4.24. The number of pyridine rings is 1. The van der Waals surface area contributed by atoms with Crippen molar-refractivity contribution in [3.05, 3.63) is 96.2 Å². The first-order valence-electron chi connectivity index (χ1n) is 9.84. The lowest BCUT2D eigenvalue weighted by Gasteiger charge is -2.12. The molecule has 0 bridgehead atoms. The van der Waals surface area contributed by atoms with Crippen molar-refractivity contribution in [3.8, 4) is 11.1 Å². The van der Waals surface area contributed by atoms with E-state index in [1.807, 2.05) is 18.2 Å². The number of hydrogen-bond donors (Lipinski definition) is 3. The minimum Gasteiger partial charge on any atom is -0.309 e. The Morgan fingerprint density at radius 2 is 1.32 bits per heavy atom. The molecule has 4 rings (SSSR count). The van der Waals surface area contributed by atoms with Crippen LogP contribution in [0.25, 0.3) is 27.6 Å². The molecule has 3 aromatic carbocycles. The van der Waals surface area contributed by atoms with Crippen LogP contribution in [0.2, 0.25) is 0 Å². The minimum absolute atomic E-state index is 0.196. The van der Waals surface area contributed by atoms with E-state index in [9.17, 15) is 25.9 Å². The number of rotatable bonds is 6. The molecule has 0 fully saturated rings. The van der Waals surface area contributed by atoms with Gasteiger partial charge in [0.05, 0.1) is 15.3 Å². The summed E-state index contributed by atoms with van der Waals surface area (Å²) in [7, 11) is -8.60. The normalized spacial score (nSPS) is 12.6. The molecule has 0 aliphatic rings. The molecule has 0 saturated heterocycles. The number of nitrogens with zero attached hydrogens (tertiary/aromatic N) is 1. The van der Waals surface area contributed by atoms with E-state index in [1.54, 1.807) is 42.6 Å². The molecular weight excluding hydrogens is 476 g/mol. The van der Waals surface area contributed by atoms with Gasteiger partial charge in [0.2, 0.25) is 0 Å². The fourth-order valence-corrected chi connectivity index (χ4v) is 4.58. The second-order valence-corrected chi connectivity index (χ2v) is 10.2. The molecule has 0 saturated carbocycles. The van der Waals surface area contributed by atoms with Gasteiger partial charge in [-0.2, -0.15) is 16.8 Å². The number of hydrogen-bond acceptors (Lipinski definition) is 6. The Hall–Kier alpha value is -3.70. The highest BCUT2D eigenvalue weighted by molar-refractivity contribution is 7.86. The summed E-state index contributed by atoms with van der Waals surface area (Å²) in [6.07, 6.45) is 4.32.